The van der Waals surface area contributed by atoms with E-state index in [0.29, 0.717) is 43.6 Å². The average Bonchev–Trinajstić information content (AvgIpc) is 3.32. The third-order valence-electron chi connectivity index (χ3n) is 12.4. The van der Waals surface area contributed by atoms with Crippen LogP contribution in [-0.2, 0) is 14.4 Å². The van der Waals surface area contributed by atoms with E-state index >= 15 is 8.78 Å². The maximum Gasteiger partial charge on any atom is 0.260 e. The molecule has 0 radical (unpaired) electrons. The first-order valence-electron chi connectivity index (χ1n) is 22.1. The zero-order chi connectivity index (χ0) is 47.5. The van der Waals surface area contributed by atoms with Crippen LogP contribution < -0.4 is 20.3 Å². The highest BCUT2D eigenvalue weighted by Crippen LogP contribution is 2.44. The second kappa shape index (κ2) is 22.3. The zero-order valence-electron chi connectivity index (χ0n) is 38.0. The van der Waals surface area contributed by atoms with E-state index in [4.69, 9.17) is 4.74 Å². The first-order valence-corrected chi connectivity index (χ1v) is 22.8. The highest BCUT2D eigenvalue weighted by atomic mass is 32.2. The van der Waals surface area contributed by atoms with Gasteiger partial charge in [0.05, 0.1) is 17.4 Å². The molecule has 2 N–H and O–H groups in total. The molecule has 0 aliphatic carbocycles. The number of piperidine rings is 2. The lowest BCUT2D eigenvalue weighted by Gasteiger charge is -2.46. The van der Waals surface area contributed by atoms with Crippen molar-refractivity contribution in [1.82, 2.24) is 29.4 Å². The van der Waals surface area contributed by atoms with Crippen LogP contribution in [0.1, 0.15) is 80.0 Å². The van der Waals surface area contributed by atoms with Crippen molar-refractivity contribution in [3.8, 4) is 17.0 Å². The van der Waals surface area contributed by atoms with Crippen molar-refractivity contribution < 1.29 is 37.5 Å². The first-order chi connectivity index (χ1) is 31.7. The standard InChI is InChI=1S/C48H57F2N9O6S/c1-7-59(31(2)3)39-27-33(26-36(49)44(39)51-4)43-37(50)28-53-47(55-43)54-34-13-15-35(16-14-34)66-58-23-19-48(20-24-58)17-21-57(22-18-48)41(62)30-65-40-12-8-10-32(29-61)42(40)46(64)56(6)38(11-9-25-60)45(63)52-5/h8,10,12-16,25-29,31,38H,4,7,9,11,17-24,30H2,1-3,5-6H3,(H,52,63)(H,53,54,55). The van der Waals surface area contributed by atoms with Gasteiger partial charge < -0.3 is 34.9 Å². The van der Waals surface area contributed by atoms with Crippen LogP contribution in [0.4, 0.5) is 31.8 Å². The van der Waals surface area contributed by atoms with E-state index in [1.54, 1.807) is 29.0 Å². The number of carbonyl (C=O) groups is 5. The van der Waals surface area contributed by atoms with E-state index in [2.05, 4.69) is 36.6 Å². The molecule has 1 aromatic heterocycles. The second-order valence-corrected chi connectivity index (χ2v) is 17.9. The summed E-state index contributed by atoms with van der Waals surface area (Å²) in [6.07, 6.45) is 6.09. The molecule has 6 rings (SSSR count). The molecule has 1 unspecified atom stereocenters. The summed E-state index contributed by atoms with van der Waals surface area (Å²) >= 11 is 1.67. The fourth-order valence-corrected chi connectivity index (χ4v) is 9.56. The largest absolute Gasteiger partial charge is 0.483 e. The summed E-state index contributed by atoms with van der Waals surface area (Å²) in [6.45, 7) is 12.6. The lowest BCUT2D eigenvalue weighted by atomic mass is 9.71. The number of amides is 3. The fourth-order valence-electron chi connectivity index (χ4n) is 8.64. The van der Waals surface area contributed by atoms with Gasteiger partial charge in [-0.3, -0.25) is 24.2 Å². The number of likely N-dealkylation sites (N-methyl/N-ethyl adjacent to an activating group) is 2. The van der Waals surface area contributed by atoms with Crippen molar-refractivity contribution in [2.24, 2.45) is 10.4 Å². The van der Waals surface area contributed by atoms with Gasteiger partial charge in [-0.05, 0) is 119 Å². The van der Waals surface area contributed by atoms with Gasteiger partial charge in [-0.2, -0.15) is 0 Å². The molecular formula is C48H57F2N9O6S. The minimum atomic E-state index is -0.956. The maximum atomic E-state index is 15.3. The Hall–Kier alpha value is -6.27. The van der Waals surface area contributed by atoms with Gasteiger partial charge in [0.2, 0.25) is 11.9 Å². The van der Waals surface area contributed by atoms with E-state index < -0.39 is 29.5 Å². The summed E-state index contributed by atoms with van der Waals surface area (Å²) in [5.41, 5.74) is 1.63. The van der Waals surface area contributed by atoms with Gasteiger partial charge in [-0.25, -0.2) is 23.1 Å². The van der Waals surface area contributed by atoms with Crippen LogP contribution >= 0.6 is 11.9 Å². The molecule has 66 heavy (non-hydrogen) atoms. The van der Waals surface area contributed by atoms with Crippen molar-refractivity contribution in [3.63, 3.8) is 0 Å². The number of ether oxygens (including phenoxy) is 1. The molecule has 2 fully saturated rings. The number of aldehydes is 2. The molecule has 3 heterocycles. The Morgan fingerprint density at radius 2 is 1.71 bits per heavy atom. The predicted octanol–water partition coefficient (Wildman–Crippen LogP) is 7.50. The molecule has 0 bridgehead atoms. The number of carbonyl (C=O) groups excluding carboxylic acids is 5. The van der Waals surface area contributed by atoms with Gasteiger partial charge in [-0.1, -0.05) is 12.1 Å². The predicted molar refractivity (Wildman–Crippen MR) is 252 cm³/mol. The van der Waals surface area contributed by atoms with Crippen molar-refractivity contribution in [2.45, 2.75) is 76.3 Å². The van der Waals surface area contributed by atoms with E-state index in [0.717, 1.165) is 49.9 Å². The van der Waals surface area contributed by atoms with E-state index in [-0.39, 0.29) is 76.6 Å². The third-order valence-corrected chi connectivity index (χ3v) is 13.5. The molecule has 1 atom stereocenters. The Labute approximate surface area is 388 Å². The summed E-state index contributed by atoms with van der Waals surface area (Å²) in [5, 5.41) is 5.65. The molecule has 4 aromatic rings. The topological polar surface area (TPSA) is 170 Å². The summed E-state index contributed by atoms with van der Waals surface area (Å²) in [5.74, 6) is -2.42. The Morgan fingerprint density at radius 3 is 2.33 bits per heavy atom. The number of likely N-dealkylation sites (tertiary alicyclic amines) is 1. The van der Waals surface area contributed by atoms with E-state index in [9.17, 15) is 24.0 Å². The summed E-state index contributed by atoms with van der Waals surface area (Å²) < 4.78 is 38.7. The number of halogens is 2. The monoisotopic (exact) mass is 925 g/mol. The molecule has 1 spiro atoms. The molecule has 15 nitrogen and oxygen atoms in total. The van der Waals surface area contributed by atoms with Gasteiger partial charge in [0.25, 0.3) is 11.8 Å². The van der Waals surface area contributed by atoms with Crippen molar-refractivity contribution in [1.29, 1.82) is 0 Å². The number of nitrogens with zero attached hydrogens (tertiary/aromatic N) is 7. The Kier molecular flexibility index (Phi) is 16.6. The van der Waals surface area contributed by atoms with Crippen LogP contribution in [0.25, 0.3) is 11.3 Å². The molecule has 0 saturated carbocycles. The van der Waals surface area contributed by atoms with Gasteiger partial charge in [0, 0.05) is 81.0 Å². The first kappa shape index (κ1) is 49.2. The number of nitrogens with one attached hydrogen (secondary N) is 2. The number of hydrogen-bond acceptors (Lipinski definition) is 13. The Bertz CT molecular complexity index is 2400. The van der Waals surface area contributed by atoms with Gasteiger partial charge in [-0.15, -0.1) is 0 Å². The van der Waals surface area contributed by atoms with Gasteiger partial charge >= 0.3 is 0 Å². The number of hydrogen-bond donors (Lipinski definition) is 2. The number of benzene rings is 3. The van der Waals surface area contributed by atoms with Crippen molar-refractivity contribution in [3.05, 3.63) is 83.6 Å². The Balaban J connectivity index is 1.00. The van der Waals surface area contributed by atoms with Crippen LogP contribution in [0.2, 0.25) is 0 Å². The fraction of sp³-hybridized carbons (Fsp3) is 0.417. The third kappa shape index (κ3) is 11.4. The number of anilines is 3. The summed E-state index contributed by atoms with van der Waals surface area (Å²) in [7, 11) is 2.86. The lowest BCUT2D eigenvalue weighted by molar-refractivity contribution is -0.136. The van der Waals surface area contributed by atoms with Crippen LogP contribution in [-0.4, -0.2) is 127 Å². The second-order valence-electron chi connectivity index (χ2n) is 16.7. The van der Waals surface area contributed by atoms with Crippen molar-refractivity contribution >= 4 is 72.0 Å². The maximum absolute atomic E-state index is 15.3. The molecule has 2 saturated heterocycles. The minimum absolute atomic E-state index is 0.0379. The van der Waals surface area contributed by atoms with Gasteiger partial charge in [0.1, 0.15) is 29.5 Å². The molecule has 3 aromatic carbocycles. The molecule has 2 aliphatic rings. The quantitative estimate of drug-likeness (QED) is 0.0541. The zero-order valence-corrected chi connectivity index (χ0v) is 38.8. The normalized spacial score (nSPS) is 15.2. The average molecular weight is 926 g/mol. The SMILES string of the molecule is C=Nc1c(F)cc(-c2nc(Nc3ccc(SN4CCC5(CC4)CCN(C(=O)COc4cccc(C=O)c4C(=O)N(C)C(CCC=O)C(=O)NC)CC5)cc3)ncc2F)cc1N(CC)C(C)C. The number of aliphatic imine (C=N–C) groups is 1. The number of rotatable bonds is 19. The van der Waals surface area contributed by atoms with E-state index in [1.807, 2.05) is 49.9 Å². The van der Waals surface area contributed by atoms with E-state index in [1.165, 1.54) is 37.2 Å². The Morgan fingerprint density at radius 1 is 1.02 bits per heavy atom. The minimum Gasteiger partial charge on any atom is -0.483 e. The lowest BCUT2D eigenvalue weighted by Crippen LogP contribution is -2.48. The van der Waals surface area contributed by atoms with Crippen molar-refractivity contribution in [2.75, 3.05) is 63.6 Å². The molecule has 3 amide bonds. The van der Waals surface area contributed by atoms with Gasteiger partial charge in [0.15, 0.2) is 24.5 Å². The van der Waals surface area contributed by atoms with Crippen LogP contribution in [0.15, 0.2) is 70.7 Å². The van der Waals surface area contributed by atoms with Crippen LogP contribution in [0.5, 0.6) is 5.75 Å². The molecular weight excluding hydrogens is 869 g/mol. The highest BCUT2D eigenvalue weighted by molar-refractivity contribution is 7.97. The smallest absolute Gasteiger partial charge is 0.260 e. The van der Waals surface area contributed by atoms with Crippen LogP contribution in [0, 0.1) is 17.0 Å². The molecule has 18 heteroatoms. The van der Waals surface area contributed by atoms with Crippen LogP contribution in [0.3, 0.4) is 0 Å². The molecule has 2 aliphatic heterocycles. The highest BCUT2D eigenvalue weighted by Gasteiger charge is 2.39. The summed E-state index contributed by atoms with van der Waals surface area (Å²) in [6, 6.07) is 14.3. The number of aromatic nitrogens is 2. The molecule has 350 valence electrons. The summed E-state index contributed by atoms with van der Waals surface area (Å²) in [4.78, 5) is 81.2.